The molecule has 140 valence electrons. The van der Waals surface area contributed by atoms with E-state index in [-0.39, 0.29) is 0 Å². The van der Waals surface area contributed by atoms with Crippen LogP contribution in [0.25, 0.3) is 22.4 Å². The molecule has 1 aliphatic heterocycles. The average Bonchev–Trinajstić information content (AvgIpc) is 3.14. The van der Waals surface area contributed by atoms with E-state index < -0.39 is 0 Å². The van der Waals surface area contributed by atoms with Gasteiger partial charge in [-0.05, 0) is 62.8 Å². The zero-order chi connectivity index (χ0) is 18.8. The Balaban J connectivity index is 1.77. The van der Waals surface area contributed by atoms with Crippen LogP contribution in [0, 0.1) is 0 Å². The third-order valence-corrected chi connectivity index (χ3v) is 5.67. The molecule has 3 aromatic rings. The maximum atomic E-state index is 6.08. The third kappa shape index (κ3) is 3.70. The number of likely N-dealkylation sites (tertiary alicyclic amines) is 1. The van der Waals surface area contributed by atoms with Crippen LogP contribution >= 0.6 is 11.6 Å². The minimum absolute atomic E-state index is 0.489. The van der Waals surface area contributed by atoms with E-state index in [0.717, 1.165) is 59.2 Å². The van der Waals surface area contributed by atoms with Crippen molar-refractivity contribution in [2.24, 2.45) is 0 Å². The Labute approximate surface area is 165 Å². The third-order valence-electron chi connectivity index (χ3n) is 5.42. The van der Waals surface area contributed by atoms with Gasteiger partial charge in [-0.2, -0.15) is 5.10 Å². The predicted molar refractivity (Wildman–Crippen MR) is 111 cm³/mol. The predicted octanol–water partition coefficient (Wildman–Crippen LogP) is 4.32. The summed E-state index contributed by atoms with van der Waals surface area (Å²) in [5, 5.41) is 8.72. The molecular formula is C21H24ClN5. The Morgan fingerprint density at radius 3 is 2.37 bits per heavy atom. The summed E-state index contributed by atoms with van der Waals surface area (Å²) in [5.41, 5.74) is 4.30. The number of nitrogens with one attached hydrogen (secondary N) is 1. The quantitative estimate of drug-likeness (QED) is 0.731. The molecule has 0 saturated carbocycles. The van der Waals surface area contributed by atoms with Gasteiger partial charge in [0.25, 0.3) is 0 Å². The fraction of sp³-hybridized carbons (Fsp3) is 0.333. The SMILES string of the molecule is CN1CCC(N(C)c2n[nH]c(-c3ccc(Cl)cc3)c2-c2ccncc2)CC1. The van der Waals surface area contributed by atoms with Crippen molar-refractivity contribution >= 4 is 17.4 Å². The highest BCUT2D eigenvalue weighted by atomic mass is 35.5. The average molecular weight is 382 g/mol. The molecule has 0 atom stereocenters. The van der Waals surface area contributed by atoms with Crippen molar-refractivity contribution in [1.82, 2.24) is 20.1 Å². The minimum atomic E-state index is 0.489. The summed E-state index contributed by atoms with van der Waals surface area (Å²) in [7, 11) is 4.34. The molecule has 5 nitrogen and oxygen atoms in total. The van der Waals surface area contributed by atoms with Crippen molar-refractivity contribution in [3.05, 3.63) is 53.8 Å². The van der Waals surface area contributed by atoms with E-state index in [1.54, 1.807) is 0 Å². The zero-order valence-electron chi connectivity index (χ0n) is 15.7. The summed E-state index contributed by atoms with van der Waals surface area (Å²) in [6.07, 6.45) is 5.94. The van der Waals surface area contributed by atoms with Gasteiger partial charge < -0.3 is 9.80 Å². The second-order valence-electron chi connectivity index (χ2n) is 7.19. The Morgan fingerprint density at radius 1 is 1.04 bits per heavy atom. The molecule has 6 heteroatoms. The van der Waals surface area contributed by atoms with Crippen LogP contribution in [0.3, 0.4) is 0 Å². The smallest absolute Gasteiger partial charge is 0.158 e. The molecule has 27 heavy (non-hydrogen) atoms. The van der Waals surface area contributed by atoms with Gasteiger partial charge in [-0.1, -0.05) is 23.7 Å². The molecule has 0 radical (unpaired) electrons. The van der Waals surface area contributed by atoms with E-state index in [9.17, 15) is 0 Å². The van der Waals surface area contributed by atoms with E-state index in [1.807, 2.05) is 48.8 Å². The fourth-order valence-corrected chi connectivity index (χ4v) is 3.89. The van der Waals surface area contributed by atoms with Crippen LogP contribution in [0.15, 0.2) is 48.8 Å². The molecular weight excluding hydrogens is 358 g/mol. The van der Waals surface area contributed by atoms with Crippen molar-refractivity contribution in [1.29, 1.82) is 0 Å². The molecule has 3 heterocycles. The number of rotatable bonds is 4. The van der Waals surface area contributed by atoms with E-state index in [0.29, 0.717) is 6.04 Å². The van der Waals surface area contributed by atoms with Crippen LogP contribution < -0.4 is 4.90 Å². The monoisotopic (exact) mass is 381 g/mol. The summed E-state index contributed by atoms with van der Waals surface area (Å²) >= 11 is 6.08. The topological polar surface area (TPSA) is 48.0 Å². The number of pyridine rings is 1. The second-order valence-corrected chi connectivity index (χ2v) is 7.62. The summed E-state index contributed by atoms with van der Waals surface area (Å²) in [6.45, 7) is 2.24. The fourth-order valence-electron chi connectivity index (χ4n) is 3.76. The van der Waals surface area contributed by atoms with Crippen LogP contribution in [-0.2, 0) is 0 Å². The van der Waals surface area contributed by atoms with Crippen LogP contribution in [0.2, 0.25) is 5.02 Å². The standard InChI is InChI=1S/C21H24ClN5/c1-26-13-9-18(10-14-26)27(2)21-19(15-7-11-23-12-8-15)20(24-25-21)16-3-5-17(22)6-4-16/h3-8,11-12,18H,9-10,13-14H2,1-2H3,(H,24,25). The highest BCUT2D eigenvalue weighted by molar-refractivity contribution is 6.30. The van der Waals surface area contributed by atoms with Gasteiger partial charge in [0.05, 0.1) is 11.3 Å². The number of nitrogens with zero attached hydrogens (tertiary/aromatic N) is 4. The maximum Gasteiger partial charge on any atom is 0.158 e. The Kier molecular flexibility index (Phi) is 5.14. The second kappa shape index (κ2) is 7.71. The summed E-state index contributed by atoms with van der Waals surface area (Å²) in [5.74, 6) is 0.987. The first kappa shape index (κ1) is 18.0. The van der Waals surface area contributed by atoms with Gasteiger partial charge >= 0.3 is 0 Å². The molecule has 1 fully saturated rings. The van der Waals surface area contributed by atoms with Crippen LogP contribution in [0.5, 0.6) is 0 Å². The maximum absolute atomic E-state index is 6.08. The summed E-state index contributed by atoms with van der Waals surface area (Å²) in [4.78, 5) is 8.89. The Hall–Kier alpha value is -2.37. The number of halogens is 1. The normalized spacial score (nSPS) is 15.8. The number of hydrogen-bond acceptors (Lipinski definition) is 4. The van der Waals surface area contributed by atoms with Crippen molar-refractivity contribution in [2.75, 3.05) is 32.1 Å². The van der Waals surface area contributed by atoms with Gasteiger partial charge in [-0.3, -0.25) is 10.1 Å². The van der Waals surface area contributed by atoms with Crippen molar-refractivity contribution in [2.45, 2.75) is 18.9 Å². The molecule has 4 rings (SSSR count). The van der Waals surface area contributed by atoms with Crippen molar-refractivity contribution < 1.29 is 0 Å². The van der Waals surface area contributed by atoms with Crippen molar-refractivity contribution in [3.63, 3.8) is 0 Å². The number of aromatic amines is 1. The molecule has 0 spiro atoms. The molecule has 0 bridgehead atoms. The summed E-state index contributed by atoms with van der Waals surface area (Å²) in [6, 6.07) is 12.4. The Morgan fingerprint density at radius 2 is 1.70 bits per heavy atom. The Bertz CT molecular complexity index is 883. The van der Waals surface area contributed by atoms with Gasteiger partial charge in [0, 0.05) is 36.1 Å². The first-order valence-corrected chi connectivity index (χ1v) is 9.67. The lowest BCUT2D eigenvalue weighted by Gasteiger charge is -2.35. The number of H-pyrrole nitrogens is 1. The lowest BCUT2D eigenvalue weighted by molar-refractivity contribution is 0.252. The minimum Gasteiger partial charge on any atom is -0.355 e. The summed E-state index contributed by atoms with van der Waals surface area (Å²) < 4.78 is 0. The van der Waals surface area contributed by atoms with Gasteiger partial charge in [-0.15, -0.1) is 0 Å². The number of aromatic nitrogens is 3. The highest BCUT2D eigenvalue weighted by Gasteiger charge is 2.26. The van der Waals surface area contributed by atoms with Gasteiger partial charge in [-0.25, -0.2) is 0 Å². The first-order valence-electron chi connectivity index (χ1n) is 9.29. The molecule has 1 aliphatic rings. The van der Waals surface area contributed by atoms with Gasteiger partial charge in [0.15, 0.2) is 5.82 Å². The molecule has 0 aliphatic carbocycles. The lowest BCUT2D eigenvalue weighted by atomic mass is 9.99. The van der Waals surface area contributed by atoms with Crippen LogP contribution in [0.4, 0.5) is 5.82 Å². The number of hydrogen-bond donors (Lipinski definition) is 1. The number of piperidine rings is 1. The molecule has 0 unspecified atom stereocenters. The van der Waals surface area contributed by atoms with E-state index >= 15 is 0 Å². The number of benzene rings is 1. The molecule has 1 aromatic carbocycles. The molecule has 0 amide bonds. The lowest BCUT2D eigenvalue weighted by Crippen LogP contribution is -2.42. The highest BCUT2D eigenvalue weighted by Crippen LogP contribution is 2.38. The van der Waals surface area contributed by atoms with Gasteiger partial charge in [0.2, 0.25) is 0 Å². The number of anilines is 1. The molecule has 2 aromatic heterocycles. The van der Waals surface area contributed by atoms with E-state index in [1.165, 1.54) is 0 Å². The largest absolute Gasteiger partial charge is 0.355 e. The van der Waals surface area contributed by atoms with Gasteiger partial charge in [0.1, 0.15) is 0 Å². The zero-order valence-corrected chi connectivity index (χ0v) is 16.4. The molecule has 1 N–H and O–H groups in total. The van der Waals surface area contributed by atoms with Crippen LogP contribution in [0.1, 0.15) is 12.8 Å². The first-order chi connectivity index (χ1) is 13.1. The van der Waals surface area contributed by atoms with E-state index in [4.69, 9.17) is 16.7 Å². The molecule has 1 saturated heterocycles. The van der Waals surface area contributed by atoms with E-state index in [2.05, 4.69) is 34.0 Å². The van der Waals surface area contributed by atoms with Crippen LogP contribution in [-0.4, -0.2) is 53.3 Å². The van der Waals surface area contributed by atoms with Crippen molar-refractivity contribution in [3.8, 4) is 22.4 Å².